The maximum absolute atomic E-state index is 10.4. The monoisotopic (exact) mass is 204 g/mol. The van der Waals surface area contributed by atoms with Gasteiger partial charge in [0.15, 0.2) is 11.1 Å². The summed E-state index contributed by atoms with van der Waals surface area (Å²) in [4.78, 5) is 0. The molecule has 12 heavy (non-hydrogen) atoms. The Kier molecular flexibility index (Phi) is 3.72. The Bertz CT molecular complexity index is 263. The highest BCUT2D eigenvalue weighted by Crippen LogP contribution is 2.20. The zero-order valence-electron chi connectivity index (χ0n) is 6.31. The van der Waals surface area contributed by atoms with Crippen LogP contribution in [0.15, 0.2) is 30.3 Å². The van der Waals surface area contributed by atoms with Crippen LogP contribution in [-0.4, -0.2) is 14.5 Å². The summed E-state index contributed by atoms with van der Waals surface area (Å²) in [6.45, 7) is 0. The zero-order valence-corrected chi connectivity index (χ0v) is 7.89. The number of halogens is 1. The second-order valence-electron chi connectivity index (χ2n) is 2.37. The number of rotatable bonds is 3. The Balaban J connectivity index is 2.65. The van der Waals surface area contributed by atoms with Crippen LogP contribution in [0.1, 0.15) is 10.9 Å². The van der Waals surface area contributed by atoms with E-state index in [1.165, 1.54) is 0 Å². The quantitative estimate of drug-likeness (QED) is 0.606. The van der Waals surface area contributed by atoms with Gasteiger partial charge in [-0.05, 0) is 5.56 Å². The van der Waals surface area contributed by atoms with E-state index in [1.54, 1.807) is 0 Å². The summed E-state index contributed by atoms with van der Waals surface area (Å²) >= 11 is 4.02. The lowest BCUT2D eigenvalue weighted by atomic mass is 10.2. The van der Waals surface area contributed by atoms with Crippen molar-refractivity contribution in [2.24, 2.45) is 0 Å². The highest BCUT2D eigenvalue weighted by molar-refractivity contribution is 7.79. The molecule has 2 atom stereocenters. The Morgan fingerprint density at radius 2 is 2.00 bits per heavy atom. The van der Waals surface area contributed by atoms with Gasteiger partial charge in [0.25, 0.3) is 0 Å². The molecule has 1 aromatic carbocycles. The maximum atomic E-state index is 10.4. The molecule has 1 aromatic rings. The molecule has 0 aliphatic carbocycles. The molecule has 0 fully saturated rings. The molecule has 0 radical (unpaired) electrons. The van der Waals surface area contributed by atoms with Crippen LogP contribution in [0.25, 0.3) is 0 Å². The molecule has 2 nitrogen and oxygen atoms in total. The molecule has 0 bridgehead atoms. The van der Waals surface area contributed by atoms with E-state index in [9.17, 15) is 4.21 Å². The number of hydrogen-bond donors (Lipinski definition) is 1. The predicted molar refractivity (Wildman–Crippen MR) is 50.7 cm³/mol. The average molecular weight is 205 g/mol. The van der Waals surface area contributed by atoms with Crippen molar-refractivity contribution in [1.82, 2.24) is 0 Å². The van der Waals surface area contributed by atoms with Crippen molar-refractivity contribution in [3.05, 3.63) is 35.9 Å². The van der Waals surface area contributed by atoms with Gasteiger partial charge in [-0.3, -0.25) is 0 Å². The summed E-state index contributed by atoms with van der Waals surface area (Å²) in [5.41, 5.74) is 0.876. The van der Waals surface area contributed by atoms with Crippen molar-refractivity contribution in [2.75, 3.05) is 5.75 Å². The third-order valence-corrected chi connectivity index (χ3v) is 2.66. The van der Waals surface area contributed by atoms with Gasteiger partial charge < -0.3 is 4.55 Å². The molecule has 0 spiro atoms. The van der Waals surface area contributed by atoms with Gasteiger partial charge in [-0.15, -0.1) is 11.6 Å². The topological polar surface area (TPSA) is 37.3 Å². The SMILES string of the molecule is O=S(O)CC(Cl)c1ccccc1. The second kappa shape index (κ2) is 4.60. The van der Waals surface area contributed by atoms with Crippen molar-refractivity contribution in [3.8, 4) is 0 Å². The predicted octanol–water partition coefficient (Wildman–Crippen LogP) is 2.19. The Hall–Kier alpha value is -0.380. The first-order valence-corrected chi connectivity index (χ1v) is 5.18. The van der Waals surface area contributed by atoms with Crippen molar-refractivity contribution < 1.29 is 8.76 Å². The minimum absolute atomic E-state index is 0.0750. The van der Waals surface area contributed by atoms with Gasteiger partial charge in [0, 0.05) is 0 Å². The first-order valence-electron chi connectivity index (χ1n) is 3.46. The minimum atomic E-state index is -1.83. The molecule has 0 saturated carbocycles. The molecule has 0 saturated heterocycles. The Labute approximate surface area is 78.8 Å². The lowest BCUT2D eigenvalue weighted by molar-refractivity contribution is 0.563. The van der Waals surface area contributed by atoms with Crippen LogP contribution in [0.3, 0.4) is 0 Å². The standard InChI is InChI=1S/C8H9ClO2S/c9-8(6-12(10)11)7-4-2-1-3-5-7/h1-5,8H,6H2,(H,10,11). The van der Waals surface area contributed by atoms with Crippen LogP contribution in [0, 0.1) is 0 Å². The van der Waals surface area contributed by atoms with Crippen LogP contribution >= 0.6 is 11.6 Å². The highest BCUT2D eigenvalue weighted by atomic mass is 35.5. The average Bonchev–Trinajstić information content (AvgIpc) is 2.05. The second-order valence-corrected chi connectivity index (χ2v) is 3.87. The fourth-order valence-corrected chi connectivity index (χ4v) is 1.79. The zero-order chi connectivity index (χ0) is 8.97. The summed E-state index contributed by atoms with van der Waals surface area (Å²) in [6.07, 6.45) is 0. The van der Waals surface area contributed by atoms with Gasteiger partial charge >= 0.3 is 0 Å². The van der Waals surface area contributed by atoms with Crippen molar-refractivity contribution in [2.45, 2.75) is 5.38 Å². The third-order valence-electron chi connectivity index (χ3n) is 1.45. The molecular formula is C8H9ClO2S. The molecule has 1 N–H and O–H groups in total. The Morgan fingerprint density at radius 3 is 2.50 bits per heavy atom. The molecule has 1 rings (SSSR count). The number of alkyl halides is 1. The molecule has 0 amide bonds. The van der Waals surface area contributed by atoms with Gasteiger partial charge in [-0.2, -0.15) is 0 Å². The Morgan fingerprint density at radius 1 is 1.42 bits per heavy atom. The van der Waals surface area contributed by atoms with E-state index < -0.39 is 11.1 Å². The molecular weight excluding hydrogens is 196 g/mol. The normalized spacial score (nSPS) is 15.5. The van der Waals surface area contributed by atoms with E-state index in [-0.39, 0.29) is 11.1 Å². The number of hydrogen-bond acceptors (Lipinski definition) is 1. The van der Waals surface area contributed by atoms with Crippen LogP contribution in [0.2, 0.25) is 0 Å². The van der Waals surface area contributed by atoms with E-state index in [0.29, 0.717) is 0 Å². The van der Waals surface area contributed by atoms with E-state index in [2.05, 4.69) is 0 Å². The van der Waals surface area contributed by atoms with Gasteiger partial charge in [0.1, 0.15) is 0 Å². The molecule has 2 unspecified atom stereocenters. The van der Waals surface area contributed by atoms with Gasteiger partial charge in [0.2, 0.25) is 0 Å². The van der Waals surface area contributed by atoms with Gasteiger partial charge in [-0.1, -0.05) is 30.3 Å². The van der Waals surface area contributed by atoms with E-state index in [4.69, 9.17) is 16.2 Å². The lowest BCUT2D eigenvalue weighted by Gasteiger charge is -2.05. The van der Waals surface area contributed by atoms with Crippen LogP contribution in [0.5, 0.6) is 0 Å². The fourth-order valence-electron chi connectivity index (χ4n) is 0.883. The summed E-state index contributed by atoms with van der Waals surface area (Å²) in [7, 11) is 0. The molecule has 0 aliphatic heterocycles. The highest BCUT2D eigenvalue weighted by Gasteiger charge is 2.09. The minimum Gasteiger partial charge on any atom is -0.306 e. The van der Waals surface area contributed by atoms with E-state index in [0.717, 1.165) is 5.56 Å². The summed E-state index contributed by atoms with van der Waals surface area (Å²) < 4.78 is 19.0. The third kappa shape index (κ3) is 2.93. The van der Waals surface area contributed by atoms with Crippen LogP contribution in [-0.2, 0) is 11.1 Å². The molecule has 0 heterocycles. The van der Waals surface area contributed by atoms with E-state index >= 15 is 0 Å². The van der Waals surface area contributed by atoms with Crippen LogP contribution < -0.4 is 0 Å². The van der Waals surface area contributed by atoms with E-state index in [1.807, 2.05) is 30.3 Å². The van der Waals surface area contributed by atoms with Gasteiger partial charge in [-0.25, -0.2) is 4.21 Å². The molecule has 4 heteroatoms. The van der Waals surface area contributed by atoms with Crippen LogP contribution in [0.4, 0.5) is 0 Å². The summed E-state index contributed by atoms with van der Waals surface area (Å²) in [5, 5.41) is -0.378. The summed E-state index contributed by atoms with van der Waals surface area (Å²) in [5.74, 6) is 0.0750. The van der Waals surface area contributed by atoms with Crippen molar-refractivity contribution in [3.63, 3.8) is 0 Å². The first kappa shape index (κ1) is 9.71. The lowest BCUT2D eigenvalue weighted by Crippen LogP contribution is -2.02. The fraction of sp³-hybridized carbons (Fsp3) is 0.250. The summed E-state index contributed by atoms with van der Waals surface area (Å²) in [6, 6.07) is 9.26. The van der Waals surface area contributed by atoms with Crippen molar-refractivity contribution >= 4 is 22.7 Å². The number of benzene rings is 1. The molecule has 0 aliphatic rings. The maximum Gasteiger partial charge on any atom is 0.154 e. The van der Waals surface area contributed by atoms with Crippen molar-refractivity contribution in [1.29, 1.82) is 0 Å². The molecule has 66 valence electrons. The molecule has 0 aromatic heterocycles. The smallest absolute Gasteiger partial charge is 0.154 e. The first-order chi connectivity index (χ1) is 5.70. The largest absolute Gasteiger partial charge is 0.306 e. The van der Waals surface area contributed by atoms with Gasteiger partial charge in [0.05, 0.1) is 11.1 Å².